The van der Waals surface area contributed by atoms with Crippen LogP contribution in [0.5, 0.6) is 0 Å². The fourth-order valence-electron chi connectivity index (χ4n) is 2.99. The van der Waals surface area contributed by atoms with Crippen LogP contribution in [0.25, 0.3) is 11.2 Å². The highest BCUT2D eigenvalue weighted by atomic mass is 16.4. The van der Waals surface area contributed by atoms with E-state index in [-0.39, 0.29) is 16.8 Å². The van der Waals surface area contributed by atoms with Gasteiger partial charge in [0.15, 0.2) is 11.2 Å². The highest BCUT2D eigenvalue weighted by Gasteiger charge is 2.13. The van der Waals surface area contributed by atoms with E-state index in [1.54, 1.807) is 30.2 Å². The van der Waals surface area contributed by atoms with E-state index in [0.717, 1.165) is 10.1 Å². The minimum atomic E-state index is -0.942. The average Bonchev–Trinajstić information content (AvgIpc) is 3.25. The summed E-state index contributed by atoms with van der Waals surface area (Å²) in [4.78, 5) is 46.2. The normalized spacial score (nSPS) is 10.6. The zero-order chi connectivity index (χ0) is 23.1. The second kappa shape index (κ2) is 10.3. The van der Waals surface area contributed by atoms with Crippen LogP contribution in [-0.2, 0) is 27.2 Å². The third-order valence-corrected chi connectivity index (χ3v) is 4.71. The molecule has 0 aliphatic heterocycles. The number of pyridine rings is 2. The molecule has 4 aromatic heterocycles. The fourth-order valence-corrected chi connectivity index (χ4v) is 2.99. The SMILES string of the molecule is Cn1c(=O)c2c(ncn2CCNCc2cccnc2)n(C)c1=O.O=C(O)c1cccnc1. The third-order valence-electron chi connectivity index (χ3n) is 4.71. The van der Waals surface area contributed by atoms with E-state index in [4.69, 9.17) is 5.11 Å². The summed E-state index contributed by atoms with van der Waals surface area (Å²) in [5.74, 6) is -0.942. The quantitative estimate of drug-likeness (QED) is 0.414. The Morgan fingerprint density at radius 2 is 1.78 bits per heavy atom. The maximum absolute atomic E-state index is 12.3. The number of rotatable bonds is 6. The second-order valence-corrected chi connectivity index (χ2v) is 6.90. The van der Waals surface area contributed by atoms with E-state index in [0.29, 0.717) is 30.8 Å². The first-order valence-corrected chi connectivity index (χ1v) is 9.74. The number of hydrogen-bond donors (Lipinski definition) is 2. The van der Waals surface area contributed by atoms with Crippen molar-refractivity contribution in [1.29, 1.82) is 0 Å². The molecule has 11 heteroatoms. The number of imidazole rings is 1. The largest absolute Gasteiger partial charge is 0.478 e. The van der Waals surface area contributed by atoms with Gasteiger partial charge in [-0.3, -0.25) is 23.9 Å². The molecule has 4 rings (SSSR count). The summed E-state index contributed by atoms with van der Waals surface area (Å²) in [5.41, 5.74) is 1.47. The number of fused-ring (bicyclic) bond motifs is 1. The van der Waals surface area contributed by atoms with Crippen LogP contribution in [0.15, 0.2) is 65.0 Å². The van der Waals surface area contributed by atoms with Crippen LogP contribution in [0.4, 0.5) is 0 Å². The minimum absolute atomic E-state index is 0.220. The minimum Gasteiger partial charge on any atom is -0.478 e. The molecule has 4 heterocycles. The summed E-state index contributed by atoms with van der Waals surface area (Å²) in [5, 5.41) is 11.6. The van der Waals surface area contributed by atoms with Crippen molar-refractivity contribution in [1.82, 2.24) is 34.0 Å². The van der Waals surface area contributed by atoms with E-state index in [2.05, 4.69) is 20.3 Å². The zero-order valence-electron chi connectivity index (χ0n) is 17.7. The number of carbonyl (C=O) groups is 1. The molecule has 0 fully saturated rings. The average molecular weight is 437 g/mol. The van der Waals surface area contributed by atoms with Crippen LogP contribution in [0, 0.1) is 0 Å². The molecule has 0 unspecified atom stereocenters. The number of nitrogens with zero attached hydrogens (tertiary/aromatic N) is 6. The van der Waals surface area contributed by atoms with Gasteiger partial charge in [-0.15, -0.1) is 0 Å². The molecule has 0 aliphatic rings. The molecule has 0 amide bonds. The van der Waals surface area contributed by atoms with Crippen molar-refractivity contribution in [3.63, 3.8) is 0 Å². The highest BCUT2D eigenvalue weighted by Crippen LogP contribution is 2.04. The zero-order valence-corrected chi connectivity index (χ0v) is 17.7. The lowest BCUT2D eigenvalue weighted by Crippen LogP contribution is -2.37. The maximum atomic E-state index is 12.3. The van der Waals surface area contributed by atoms with Crippen LogP contribution in [0.2, 0.25) is 0 Å². The molecule has 0 bridgehead atoms. The molecule has 0 saturated heterocycles. The Morgan fingerprint density at radius 1 is 1.06 bits per heavy atom. The first kappa shape index (κ1) is 22.6. The van der Waals surface area contributed by atoms with Crippen molar-refractivity contribution in [3.8, 4) is 0 Å². The molecule has 0 aliphatic carbocycles. The predicted molar refractivity (Wildman–Crippen MR) is 117 cm³/mol. The van der Waals surface area contributed by atoms with Crippen LogP contribution in [0.1, 0.15) is 15.9 Å². The lowest BCUT2D eigenvalue weighted by molar-refractivity contribution is 0.0696. The molecule has 0 aromatic carbocycles. The summed E-state index contributed by atoms with van der Waals surface area (Å²) in [7, 11) is 3.09. The Morgan fingerprint density at radius 3 is 2.38 bits per heavy atom. The number of aryl methyl sites for hydroxylation is 1. The molecular weight excluding hydrogens is 414 g/mol. The first-order chi connectivity index (χ1) is 15.4. The van der Waals surface area contributed by atoms with Crippen molar-refractivity contribution < 1.29 is 9.90 Å². The van der Waals surface area contributed by atoms with Crippen LogP contribution in [0.3, 0.4) is 0 Å². The van der Waals surface area contributed by atoms with E-state index in [1.165, 1.54) is 30.1 Å². The Labute approximate surface area is 182 Å². The molecule has 2 N–H and O–H groups in total. The Hall–Kier alpha value is -4.12. The number of nitrogens with one attached hydrogen (secondary N) is 1. The molecule has 0 spiro atoms. The van der Waals surface area contributed by atoms with Gasteiger partial charge < -0.3 is 15.0 Å². The number of hydrogen-bond acceptors (Lipinski definition) is 7. The summed E-state index contributed by atoms with van der Waals surface area (Å²) in [6.07, 6.45) is 7.98. The molecule has 32 heavy (non-hydrogen) atoms. The van der Waals surface area contributed by atoms with Gasteiger partial charge in [-0.05, 0) is 23.8 Å². The van der Waals surface area contributed by atoms with Crippen LogP contribution in [-0.4, -0.2) is 46.3 Å². The number of carboxylic acids is 1. The molecule has 0 saturated carbocycles. The standard InChI is InChI=1S/C15H18N6O2.C6H5NO2/c1-19-13-12(14(22)20(2)15(19)23)21(10-18-13)7-6-17-9-11-4-3-5-16-8-11;8-6(9)5-2-1-3-7-4-5/h3-5,8,10,17H,6-7,9H2,1-2H3;1-4H,(H,8,9). The van der Waals surface area contributed by atoms with Crippen molar-refractivity contribution in [2.24, 2.45) is 14.1 Å². The van der Waals surface area contributed by atoms with Gasteiger partial charge in [0.05, 0.1) is 11.9 Å². The van der Waals surface area contributed by atoms with Gasteiger partial charge in [-0.1, -0.05) is 6.07 Å². The number of aromatic carboxylic acids is 1. The molecule has 4 aromatic rings. The smallest absolute Gasteiger partial charge is 0.337 e. The van der Waals surface area contributed by atoms with E-state index >= 15 is 0 Å². The van der Waals surface area contributed by atoms with Gasteiger partial charge in [0.2, 0.25) is 0 Å². The van der Waals surface area contributed by atoms with E-state index < -0.39 is 5.97 Å². The van der Waals surface area contributed by atoms with Crippen molar-refractivity contribution >= 4 is 17.1 Å². The first-order valence-electron chi connectivity index (χ1n) is 9.74. The summed E-state index contributed by atoms with van der Waals surface area (Å²) >= 11 is 0. The second-order valence-electron chi connectivity index (χ2n) is 6.90. The summed E-state index contributed by atoms with van der Waals surface area (Å²) < 4.78 is 4.26. The lowest BCUT2D eigenvalue weighted by atomic mass is 10.3. The summed E-state index contributed by atoms with van der Waals surface area (Å²) in [6, 6.07) is 6.97. The van der Waals surface area contributed by atoms with Crippen molar-refractivity contribution in [3.05, 3.63) is 87.3 Å². The topological polar surface area (TPSA) is 137 Å². The van der Waals surface area contributed by atoms with Gasteiger partial charge in [0.25, 0.3) is 5.56 Å². The van der Waals surface area contributed by atoms with Gasteiger partial charge in [0.1, 0.15) is 0 Å². The van der Waals surface area contributed by atoms with Gasteiger partial charge >= 0.3 is 11.7 Å². The Balaban J connectivity index is 0.000000269. The monoisotopic (exact) mass is 437 g/mol. The number of carboxylic acid groups (broad SMARTS) is 1. The molecule has 11 nitrogen and oxygen atoms in total. The molecular formula is C21H23N7O4. The summed E-state index contributed by atoms with van der Waals surface area (Å²) in [6.45, 7) is 1.97. The van der Waals surface area contributed by atoms with E-state index in [1.807, 2.05) is 18.3 Å². The van der Waals surface area contributed by atoms with Gasteiger partial charge in [-0.25, -0.2) is 14.6 Å². The van der Waals surface area contributed by atoms with Crippen LogP contribution >= 0.6 is 0 Å². The van der Waals surface area contributed by atoms with Crippen molar-refractivity contribution in [2.75, 3.05) is 6.54 Å². The third kappa shape index (κ3) is 5.13. The van der Waals surface area contributed by atoms with Gasteiger partial charge in [-0.2, -0.15) is 0 Å². The predicted octanol–water partition coefficient (Wildman–Crippen LogP) is 0.398. The molecule has 0 atom stereocenters. The van der Waals surface area contributed by atoms with E-state index in [9.17, 15) is 14.4 Å². The van der Waals surface area contributed by atoms with Crippen LogP contribution < -0.4 is 16.6 Å². The number of aromatic nitrogens is 6. The molecule has 166 valence electrons. The Bertz CT molecular complexity index is 1310. The van der Waals surface area contributed by atoms with Gasteiger partial charge in [0, 0.05) is 58.5 Å². The lowest BCUT2D eigenvalue weighted by Gasteiger charge is -2.08. The maximum Gasteiger partial charge on any atom is 0.337 e. The molecule has 0 radical (unpaired) electrons. The highest BCUT2D eigenvalue weighted by molar-refractivity contribution is 5.86. The fraction of sp³-hybridized carbons (Fsp3) is 0.238. The van der Waals surface area contributed by atoms with Crippen molar-refractivity contribution in [2.45, 2.75) is 13.1 Å². The Kier molecular flexibility index (Phi) is 7.24.